The van der Waals surface area contributed by atoms with Crippen molar-refractivity contribution in [1.82, 2.24) is 4.98 Å². The topological polar surface area (TPSA) is 73.1 Å². The molecule has 0 aliphatic heterocycles. The average Bonchev–Trinajstić information content (AvgIpc) is 2.89. The third-order valence-corrected chi connectivity index (χ3v) is 4.76. The molecule has 0 bridgehead atoms. The molecule has 0 unspecified atom stereocenters. The molecular weight excluding hydrogens is 308 g/mol. The fraction of sp³-hybridized carbons (Fsp3) is 0. The SMILES string of the molecule is O=C(Sc1nc2ccccc2s1)c1cccc([N+](=O)[O-])c1. The van der Waals surface area contributed by atoms with E-state index in [1.807, 2.05) is 24.3 Å². The van der Waals surface area contributed by atoms with Crippen molar-refractivity contribution in [2.75, 3.05) is 0 Å². The quantitative estimate of drug-likeness (QED) is 0.412. The third kappa shape index (κ3) is 2.93. The second-order valence-electron chi connectivity index (χ2n) is 4.14. The second kappa shape index (κ2) is 5.63. The minimum atomic E-state index is -0.515. The van der Waals surface area contributed by atoms with E-state index in [-0.39, 0.29) is 10.8 Å². The molecule has 3 aromatic rings. The highest BCUT2D eigenvalue weighted by Gasteiger charge is 2.15. The summed E-state index contributed by atoms with van der Waals surface area (Å²) in [6.45, 7) is 0. The van der Waals surface area contributed by atoms with Gasteiger partial charge in [0.25, 0.3) is 5.69 Å². The maximum atomic E-state index is 12.2. The maximum Gasteiger partial charge on any atom is 0.270 e. The van der Waals surface area contributed by atoms with Gasteiger partial charge >= 0.3 is 0 Å². The number of fused-ring (bicyclic) bond motifs is 1. The van der Waals surface area contributed by atoms with Gasteiger partial charge in [-0.15, -0.1) is 11.3 Å². The van der Waals surface area contributed by atoms with Gasteiger partial charge in [-0.2, -0.15) is 0 Å². The highest BCUT2D eigenvalue weighted by Crippen LogP contribution is 2.31. The predicted molar refractivity (Wildman–Crippen MR) is 82.9 cm³/mol. The van der Waals surface area contributed by atoms with Gasteiger partial charge in [-0.25, -0.2) is 4.98 Å². The Morgan fingerprint density at radius 3 is 2.76 bits per heavy atom. The van der Waals surface area contributed by atoms with Crippen LogP contribution in [0.1, 0.15) is 10.4 Å². The molecule has 7 heteroatoms. The summed E-state index contributed by atoms with van der Waals surface area (Å²) in [6.07, 6.45) is 0. The normalized spacial score (nSPS) is 10.7. The zero-order valence-corrected chi connectivity index (χ0v) is 12.2. The first-order valence-electron chi connectivity index (χ1n) is 5.96. The Morgan fingerprint density at radius 1 is 1.19 bits per heavy atom. The number of non-ortho nitro benzene ring substituents is 1. The minimum absolute atomic E-state index is 0.0919. The van der Waals surface area contributed by atoms with Crippen LogP contribution >= 0.6 is 23.1 Å². The Balaban J connectivity index is 1.85. The third-order valence-electron chi connectivity index (χ3n) is 2.75. The molecule has 1 aromatic heterocycles. The molecule has 104 valence electrons. The number of aromatic nitrogens is 1. The van der Waals surface area contributed by atoms with Crippen LogP contribution in [0.5, 0.6) is 0 Å². The minimum Gasteiger partial charge on any atom is -0.281 e. The molecule has 1 heterocycles. The Labute approximate surface area is 127 Å². The molecular formula is C14H8N2O3S2. The van der Waals surface area contributed by atoms with E-state index in [1.54, 1.807) is 6.07 Å². The molecule has 0 radical (unpaired) electrons. The van der Waals surface area contributed by atoms with Crippen LogP contribution in [0, 0.1) is 10.1 Å². The van der Waals surface area contributed by atoms with Gasteiger partial charge in [-0.1, -0.05) is 18.2 Å². The van der Waals surface area contributed by atoms with Crippen LogP contribution in [0.4, 0.5) is 5.69 Å². The molecule has 0 aliphatic rings. The van der Waals surface area contributed by atoms with Crippen molar-refractivity contribution < 1.29 is 9.72 Å². The number of para-hydroxylation sites is 1. The van der Waals surface area contributed by atoms with Crippen LogP contribution in [0.3, 0.4) is 0 Å². The molecule has 0 N–H and O–H groups in total. The van der Waals surface area contributed by atoms with Crippen LogP contribution in [-0.2, 0) is 0 Å². The number of thiazole rings is 1. The average molecular weight is 316 g/mol. The van der Waals surface area contributed by atoms with E-state index >= 15 is 0 Å². The van der Waals surface area contributed by atoms with Crippen LogP contribution in [0.2, 0.25) is 0 Å². The first kappa shape index (κ1) is 13.7. The molecule has 0 amide bonds. The first-order chi connectivity index (χ1) is 10.1. The van der Waals surface area contributed by atoms with E-state index in [2.05, 4.69) is 4.98 Å². The highest BCUT2D eigenvalue weighted by molar-refractivity contribution is 8.15. The largest absolute Gasteiger partial charge is 0.281 e. The van der Waals surface area contributed by atoms with E-state index in [0.717, 1.165) is 22.0 Å². The number of hydrogen-bond donors (Lipinski definition) is 0. The number of rotatable bonds is 3. The fourth-order valence-electron chi connectivity index (χ4n) is 1.78. The molecule has 21 heavy (non-hydrogen) atoms. The van der Waals surface area contributed by atoms with Gasteiger partial charge < -0.3 is 0 Å². The van der Waals surface area contributed by atoms with E-state index in [9.17, 15) is 14.9 Å². The standard InChI is InChI=1S/C14H8N2O3S2/c17-13(9-4-3-5-10(8-9)16(18)19)21-14-15-11-6-1-2-7-12(11)20-14/h1-8H. The maximum absolute atomic E-state index is 12.2. The van der Waals surface area contributed by atoms with Gasteiger partial charge in [0, 0.05) is 17.7 Å². The Kier molecular flexibility index (Phi) is 3.68. The van der Waals surface area contributed by atoms with Crippen molar-refractivity contribution in [3.63, 3.8) is 0 Å². The molecule has 0 aliphatic carbocycles. The first-order valence-corrected chi connectivity index (χ1v) is 7.59. The van der Waals surface area contributed by atoms with E-state index < -0.39 is 4.92 Å². The number of nitrogens with zero attached hydrogens (tertiary/aromatic N) is 2. The number of carbonyl (C=O) groups excluding carboxylic acids is 1. The number of carbonyl (C=O) groups is 1. The summed E-state index contributed by atoms with van der Waals surface area (Å²) in [5.74, 6) is 0. The summed E-state index contributed by atoms with van der Waals surface area (Å²) < 4.78 is 1.64. The molecule has 3 rings (SSSR count). The molecule has 0 saturated carbocycles. The number of nitro groups is 1. The van der Waals surface area contributed by atoms with E-state index in [0.29, 0.717) is 9.90 Å². The number of benzene rings is 2. The summed E-state index contributed by atoms with van der Waals surface area (Å²) in [6, 6.07) is 13.3. The Bertz CT molecular complexity index is 812. The van der Waals surface area contributed by atoms with E-state index in [1.165, 1.54) is 29.5 Å². The van der Waals surface area contributed by atoms with Crippen molar-refractivity contribution in [2.45, 2.75) is 4.34 Å². The van der Waals surface area contributed by atoms with Crippen molar-refractivity contribution in [1.29, 1.82) is 0 Å². The molecule has 0 spiro atoms. The van der Waals surface area contributed by atoms with Gasteiger partial charge in [0.15, 0.2) is 4.34 Å². The number of nitro benzene ring substituents is 1. The van der Waals surface area contributed by atoms with Crippen LogP contribution in [0.15, 0.2) is 52.9 Å². The summed E-state index contributed by atoms with van der Waals surface area (Å²) in [7, 11) is 0. The van der Waals surface area contributed by atoms with E-state index in [4.69, 9.17) is 0 Å². The van der Waals surface area contributed by atoms with Crippen LogP contribution < -0.4 is 0 Å². The smallest absolute Gasteiger partial charge is 0.270 e. The van der Waals surface area contributed by atoms with Crippen molar-refractivity contribution in [3.8, 4) is 0 Å². The van der Waals surface area contributed by atoms with Crippen molar-refractivity contribution in [3.05, 3.63) is 64.2 Å². The van der Waals surface area contributed by atoms with Gasteiger partial charge in [0.05, 0.1) is 15.1 Å². The monoisotopic (exact) mass is 316 g/mol. The zero-order valence-electron chi connectivity index (χ0n) is 10.6. The Hall–Kier alpha value is -2.25. The molecule has 2 aromatic carbocycles. The lowest BCUT2D eigenvalue weighted by molar-refractivity contribution is -0.384. The molecule has 0 atom stereocenters. The number of hydrogen-bond acceptors (Lipinski definition) is 6. The number of thioether (sulfide) groups is 1. The van der Waals surface area contributed by atoms with Crippen LogP contribution in [0.25, 0.3) is 10.2 Å². The fourth-order valence-corrected chi connectivity index (χ4v) is 3.69. The lowest BCUT2D eigenvalue weighted by atomic mass is 10.2. The molecule has 0 fully saturated rings. The lowest BCUT2D eigenvalue weighted by Gasteiger charge is -1.98. The molecule has 5 nitrogen and oxygen atoms in total. The Morgan fingerprint density at radius 2 is 2.00 bits per heavy atom. The van der Waals surface area contributed by atoms with Gasteiger partial charge in [0.2, 0.25) is 5.12 Å². The van der Waals surface area contributed by atoms with Gasteiger partial charge in [-0.3, -0.25) is 14.9 Å². The highest BCUT2D eigenvalue weighted by atomic mass is 32.2. The molecule has 0 saturated heterocycles. The van der Waals surface area contributed by atoms with Gasteiger partial charge in [0.1, 0.15) is 0 Å². The predicted octanol–water partition coefficient (Wildman–Crippen LogP) is 4.14. The summed E-state index contributed by atoms with van der Waals surface area (Å²) in [5, 5.41) is 10.5. The summed E-state index contributed by atoms with van der Waals surface area (Å²) in [5.41, 5.74) is 1.05. The summed E-state index contributed by atoms with van der Waals surface area (Å²) >= 11 is 2.42. The zero-order chi connectivity index (χ0) is 14.8. The van der Waals surface area contributed by atoms with Crippen LogP contribution in [-0.4, -0.2) is 15.0 Å². The van der Waals surface area contributed by atoms with Gasteiger partial charge in [-0.05, 0) is 30.0 Å². The van der Waals surface area contributed by atoms with Crippen molar-refractivity contribution >= 4 is 44.1 Å². The lowest BCUT2D eigenvalue weighted by Crippen LogP contribution is -1.95. The van der Waals surface area contributed by atoms with Crippen molar-refractivity contribution in [2.24, 2.45) is 0 Å². The second-order valence-corrected chi connectivity index (χ2v) is 6.40. The summed E-state index contributed by atoms with van der Waals surface area (Å²) in [4.78, 5) is 26.7.